The van der Waals surface area contributed by atoms with Crippen LogP contribution < -0.4 is 33.8 Å². The highest BCUT2D eigenvalue weighted by Gasteiger charge is 2.35. The van der Waals surface area contributed by atoms with Gasteiger partial charge in [-0.3, -0.25) is 9.36 Å². The summed E-state index contributed by atoms with van der Waals surface area (Å²) >= 11 is 1.23. The maximum absolute atomic E-state index is 13.8. The van der Waals surface area contributed by atoms with Gasteiger partial charge in [-0.15, -0.1) is 0 Å². The normalized spacial score (nSPS) is 15.1. The highest BCUT2D eigenvalue weighted by molar-refractivity contribution is 7.07. The Bertz CT molecular complexity index is 1550. The van der Waals surface area contributed by atoms with E-state index in [9.17, 15) is 9.59 Å². The molecule has 0 amide bonds. The van der Waals surface area contributed by atoms with Gasteiger partial charge in [-0.2, -0.15) is 0 Å². The van der Waals surface area contributed by atoms with Gasteiger partial charge >= 0.3 is 5.97 Å². The highest BCUT2D eigenvalue weighted by Crippen LogP contribution is 2.37. The molecule has 2 heterocycles. The second kappa shape index (κ2) is 10.9. The van der Waals surface area contributed by atoms with Crippen LogP contribution >= 0.6 is 11.3 Å². The first-order valence-corrected chi connectivity index (χ1v) is 12.3. The molecule has 0 radical (unpaired) electrons. The van der Waals surface area contributed by atoms with Gasteiger partial charge in [-0.1, -0.05) is 17.4 Å². The molecule has 0 aliphatic carbocycles. The zero-order valence-corrected chi connectivity index (χ0v) is 22.3. The molecule has 4 rings (SSSR count). The summed E-state index contributed by atoms with van der Waals surface area (Å²) in [5.74, 6) is 1.64. The molecule has 9 nitrogen and oxygen atoms in total. The van der Waals surface area contributed by atoms with Crippen molar-refractivity contribution in [3.63, 3.8) is 0 Å². The molecule has 37 heavy (non-hydrogen) atoms. The number of esters is 1. The Morgan fingerprint density at radius 3 is 2.38 bits per heavy atom. The molecule has 0 N–H and O–H groups in total. The summed E-state index contributed by atoms with van der Waals surface area (Å²) in [5.41, 5.74) is 1.81. The van der Waals surface area contributed by atoms with Crippen LogP contribution in [0.2, 0.25) is 0 Å². The number of methoxy groups -OCH3 is 4. The third-order valence-corrected chi connectivity index (χ3v) is 6.94. The lowest BCUT2D eigenvalue weighted by atomic mass is 9.95. The summed E-state index contributed by atoms with van der Waals surface area (Å²) in [6.45, 7) is 3.65. The number of nitrogens with zero attached hydrogens (tertiary/aromatic N) is 2. The smallest absolute Gasteiger partial charge is 0.338 e. The molecule has 1 atom stereocenters. The molecule has 3 aromatic rings. The number of aromatic nitrogens is 1. The molecule has 0 bridgehead atoms. The highest BCUT2D eigenvalue weighted by atomic mass is 32.1. The summed E-state index contributed by atoms with van der Waals surface area (Å²) in [6, 6.07) is 9.85. The monoisotopic (exact) mass is 524 g/mol. The second-order valence-corrected chi connectivity index (χ2v) is 9.03. The molecule has 0 spiro atoms. The molecule has 1 aromatic heterocycles. The average Bonchev–Trinajstić information content (AvgIpc) is 3.21. The van der Waals surface area contributed by atoms with E-state index in [-0.39, 0.29) is 17.7 Å². The number of carbonyl (C=O) groups excluding carboxylic acids is 1. The van der Waals surface area contributed by atoms with E-state index < -0.39 is 12.0 Å². The van der Waals surface area contributed by atoms with E-state index in [1.165, 1.54) is 23.0 Å². The van der Waals surface area contributed by atoms with E-state index in [1.807, 2.05) is 6.07 Å². The minimum atomic E-state index is -0.802. The molecule has 10 heteroatoms. The van der Waals surface area contributed by atoms with E-state index in [0.717, 1.165) is 5.56 Å². The number of ether oxygens (including phenoxy) is 5. The van der Waals surface area contributed by atoms with Crippen LogP contribution in [0, 0.1) is 0 Å². The second-order valence-electron chi connectivity index (χ2n) is 8.02. The van der Waals surface area contributed by atoms with Gasteiger partial charge in [0.05, 0.1) is 50.8 Å². The van der Waals surface area contributed by atoms with Gasteiger partial charge in [0.2, 0.25) is 0 Å². The van der Waals surface area contributed by atoms with Crippen LogP contribution in [0.15, 0.2) is 57.5 Å². The summed E-state index contributed by atoms with van der Waals surface area (Å²) in [7, 11) is 6.20. The van der Waals surface area contributed by atoms with Crippen LogP contribution in [0.25, 0.3) is 6.08 Å². The Balaban J connectivity index is 1.97. The van der Waals surface area contributed by atoms with Crippen molar-refractivity contribution in [1.29, 1.82) is 0 Å². The van der Waals surface area contributed by atoms with Crippen molar-refractivity contribution < 1.29 is 28.5 Å². The van der Waals surface area contributed by atoms with Crippen molar-refractivity contribution in [2.24, 2.45) is 4.99 Å². The zero-order valence-electron chi connectivity index (χ0n) is 21.5. The molecule has 0 saturated carbocycles. The van der Waals surface area contributed by atoms with Crippen LogP contribution in [-0.4, -0.2) is 45.6 Å². The van der Waals surface area contributed by atoms with Crippen molar-refractivity contribution in [2.45, 2.75) is 19.9 Å². The SMILES string of the molecule is CCOC(=O)C1=C(C)N=c2s/c(=C\c3ccc(OC)c(OC)c3)c(=O)n2[C@@H]1c1ccc(OC)cc1OC. The number of fused-ring (bicyclic) bond motifs is 1. The number of hydrogen-bond donors (Lipinski definition) is 0. The van der Waals surface area contributed by atoms with E-state index in [4.69, 9.17) is 23.7 Å². The molecule has 0 saturated heterocycles. The van der Waals surface area contributed by atoms with Crippen molar-refractivity contribution >= 4 is 23.4 Å². The maximum atomic E-state index is 13.8. The first-order chi connectivity index (χ1) is 17.9. The summed E-state index contributed by atoms with van der Waals surface area (Å²) in [5, 5.41) is 0. The zero-order chi connectivity index (χ0) is 26.7. The Hall–Kier alpha value is -4.05. The van der Waals surface area contributed by atoms with Crippen molar-refractivity contribution in [3.05, 3.63) is 78.5 Å². The lowest BCUT2D eigenvalue weighted by Gasteiger charge is -2.26. The minimum Gasteiger partial charge on any atom is -0.497 e. The summed E-state index contributed by atoms with van der Waals surface area (Å²) in [4.78, 5) is 32.0. The van der Waals surface area contributed by atoms with E-state index in [2.05, 4.69) is 4.99 Å². The topological polar surface area (TPSA) is 97.6 Å². The average molecular weight is 525 g/mol. The van der Waals surface area contributed by atoms with E-state index in [0.29, 0.717) is 43.6 Å². The summed E-state index contributed by atoms with van der Waals surface area (Å²) < 4.78 is 29.0. The van der Waals surface area contributed by atoms with Gasteiger partial charge in [0.25, 0.3) is 5.56 Å². The third-order valence-electron chi connectivity index (χ3n) is 5.96. The fraction of sp³-hybridized carbons (Fsp3) is 0.296. The molecular formula is C27H28N2O7S. The van der Waals surface area contributed by atoms with Crippen molar-refractivity contribution in [1.82, 2.24) is 4.57 Å². The van der Waals surface area contributed by atoms with Crippen molar-refractivity contribution in [2.75, 3.05) is 35.0 Å². The van der Waals surface area contributed by atoms with Gasteiger partial charge in [0.1, 0.15) is 17.5 Å². The first kappa shape index (κ1) is 26.0. The third kappa shape index (κ3) is 4.84. The quantitative estimate of drug-likeness (QED) is 0.418. The molecule has 1 aliphatic rings. The lowest BCUT2D eigenvalue weighted by Crippen LogP contribution is -2.40. The standard InChI is InChI=1S/C27H28N2O7S/c1-7-36-26(31)23-15(2)28-27-29(24(23)18-10-9-17(32-3)14-20(18)34-5)25(30)22(37-27)13-16-8-11-19(33-4)21(12-16)35-6/h8-14,24H,7H2,1-6H3/b22-13-/t24-/m1/s1. The predicted molar refractivity (Wildman–Crippen MR) is 139 cm³/mol. The molecular weight excluding hydrogens is 496 g/mol. The number of benzene rings is 2. The Kier molecular flexibility index (Phi) is 7.68. The summed E-state index contributed by atoms with van der Waals surface area (Å²) in [6.07, 6.45) is 1.76. The fourth-order valence-corrected chi connectivity index (χ4v) is 5.27. The van der Waals surface area contributed by atoms with Crippen LogP contribution in [0.5, 0.6) is 23.0 Å². The maximum Gasteiger partial charge on any atom is 0.338 e. The first-order valence-electron chi connectivity index (χ1n) is 11.5. The van der Waals surface area contributed by atoms with E-state index >= 15 is 0 Å². The molecule has 0 unspecified atom stereocenters. The van der Waals surface area contributed by atoms with Gasteiger partial charge in [0, 0.05) is 11.6 Å². The van der Waals surface area contributed by atoms with Gasteiger partial charge in [-0.25, -0.2) is 9.79 Å². The largest absolute Gasteiger partial charge is 0.497 e. The van der Waals surface area contributed by atoms with Gasteiger partial charge in [-0.05, 0) is 49.8 Å². The Morgan fingerprint density at radius 1 is 1.00 bits per heavy atom. The number of carbonyl (C=O) groups is 1. The van der Waals surface area contributed by atoms with Crippen LogP contribution in [0.3, 0.4) is 0 Å². The van der Waals surface area contributed by atoms with Gasteiger partial charge in [0.15, 0.2) is 16.3 Å². The molecule has 0 fully saturated rings. The molecule has 1 aliphatic heterocycles. The Labute approximate surface area is 217 Å². The van der Waals surface area contributed by atoms with E-state index in [1.54, 1.807) is 71.6 Å². The van der Waals surface area contributed by atoms with Crippen LogP contribution in [0.4, 0.5) is 0 Å². The van der Waals surface area contributed by atoms with Gasteiger partial charge < -0.3 is 23.7 Å². The van der Waals surface area contributed by atoms with Crippen LogP contribution in [-0.2, 0) is 9.53 Å². The molecule has 194 valence electrons. The molecule has 2 aromatic carbocycles. The number of thiazole rings is 1. The number of hydrogen-bond acceptors (Lipinski definition) is 9. The minimum absolute atomic E-state index is 0.186. The fourth-order valence-electron chi connectivity index (χ4n) is 4.22. The Morgan fingerprint density at radius 2 is 1.73 bits per heavy atom. The number of rotatable bonds is 8. The van der Waals surface area contributed by atoms with Crippen LogP contribution in [0.1, 0.15) is 31.0 Å². The van der Waals surface area contributed by atoms with Crippen molar-refractivity contribution in [3.8, 4) is 23.0 Å². The number of allylic oxidation sites excluding steroid dienone is 1. The predicted octanol–water partition coefficient (Wildman–Crippen LogP) is 2.83. The lowest BCUT2D eigenvalue weighted by molar-refractivity contribution is -0.139.